The molecule has 18 heavy (non-hydrogen) atoms. The molecule has 0 radical (unpaired) electrons. The Hall–Kier alpha value is -0.820. The van der Waals surface area contributed by atoms with Crippen LogP contribution in [0.3, 0.4) is 0 Å². The third kappa shape index (κ3) is 2.77. The molecule has 1 saturated carbocycles. The minimum Gasteiger partial charge on any atom is -0.316 e. The van der Waals surface area contributed by atoms with Crippen LogP contribution in [0.15, 0.2) is 24.3 Å². The molecule has 1 aromatic carbocycles. The summed E-state index contributed by atoms with van der Waals surface area (Å²) in [6.45, 7) is 8.94. The fourth-order valence-corrected chi connectivity index (χ4v) is 3.21. The van der Waals surface area contributed by atoms with Gasteiger partial charge in [0.1, 0.15) is 0 Å². The first kappa shape index (κ1) is 13.6. The molecule has 1 N–H and O–H groups in total. The fraction of sp³-hybridized carbons (Fsp3) is 0.647. The minimum absolute atomic E-state index is 0.408. The molecular formula is C17H27N. The van der Waals surface area contributed by atoms with Gasteiger partial charge in [0.05, 0.1) is 0 Å². The highest BCUT2D eigenvalue weighted by molar-refractivity contribution is 5.32. The highest BCUT2D eigenvalue weighted by atomic mass is 14.9. The molecule has 1 nitrogen and oxygen atoms in total. The largest absolute Gasteiger partial charge is 0.316 e. The van der Waals surface area contributed by atoms with E-state index in [9.17, 15) is 0 Å². The van der Waals surface area contributed by atoms with Crippen LogP contribution >= 0.6 is 0 Å². The summed E-state index contributed by atoms with van der Waals surface area (Å²) < 4.78 is 0. The van der Waals surface area contributed by atoms with E-state index in [4.69, 9.17) is 0 Å². The normalized spacial score (nSPS) is 18.4. The molecule has 0 aromatic heterocycles. The van der Waals surface area contributed by atoms with Crippen LogP contribution in [-0.2, 0) is 5.41 Å². The van der Waals surface area contributed by atoms with Crippen molar-refractivity contribution in [2.24, 2.45) is 0 Å². The van der Waals surface area contributed by atoms with E-state index < -0.39 is 0 Å². The Bertz CT molecular complexity index is 358. The smallest absolute Gasteiger partial charge is 0.00777 e. The molecule has 1 aliphatic carbocycles. The number of likely N-dealkylation sites (N-methyl/N-ethyl adjacent to an activating group) is 1. The molecule has 2 rings (SSSR count). The Labute approximate surface area is 112 Å². The zero-order chi connectivity index (χ0) is 13.0. The second-order valence-corrected chi connectivity index (χ2v) is 6.04. The van der Waals surface area contributed by atoms with Gasteiger partial charge in [-0.05, 0) is 36.4 Å². The molecule has 0 saturated heterocycles. The molecule has 0 heterocycles. The van der Waals surface area contributed by atoms with Gasteiger partial charge in [0, 0.05) is 12.0 Å². The molecule has 1 aromatic rings. The first-order chi connectivity index (χ1) is 8.68. The van der Waals surface area contributed by atoms with Crippen molar-refractivity contribution < 1.29 is 0 Å². The van der Waals surface area contributed by atoms with Gasteiger partial charge in [0.2, 0.25) is 0 Å². The molecule has 1 heteroatoms. The average Bonchev–Trinajstić information content (AvgIpc) is 2.86. The van der Waals surface area contributed by atoms with Crippen LogP contribution in [-0.4, -0.2) is 13.1 Å². The van der Waals surface area contributed by atoms with E-state index >= 15 is 0 Å². The Morgan fingerprint density at radius 2 is 1.72 bits per heavy atom. The summed E-state index contributed by atoms with van der Waals surface area (Å²) in [6.07, 6.45) is 5.47. The van der Waals surface area contributed by atoms with Crippen LogP contribution in [0, 0.1) is 0 Å². The quantitative estimate of drug-likeness (QED) is 0.818. The van der Waals surface area contributed by atoms with Crippen molar-refractivity contribution in [2.45, 2.75) is 57.8 Å². The highest BCUT2D eigenvalue weighted by Gasteiger charge is 2.34. The fourth-order valence-electron chi connectivity index (χ4n) is 3.21. The summed E-state index contributed by atoms with van der Waals surface area (Å²) in [6, 6.07) is 9.40. The van der Waals surface area contributed by atoms with Gasteiger partial charge in [-0.3, -0.25) is 0 Å². The van der Waals surface area contributed by atoms with Crippen LogP contribution in [0.5, 0.6) is 0 Å². The summed E-state index contributed by atoms with van der Waals surface area (Å²) in [5.74, 6) is 0.632. The molecule has 0 aliphatic heterocycles. The maximum atomic E-state index is 3.57. The van der Waals surface area contributed by atoms with E-state index in [2.05, 4.69) is 50.4 Å². The second-order valence-electron chi connectivity index (χ2n) is 6.04. The summed E-state index contributed by atoms with van der Waals surface area (Å²) in [5.41, 5.74) is 3.41. The Kier molecular flexibility index (Phi) is 4.45. The van der Waals surface area contributed by atoms with E-state index in [0.29, 0.717) is 11.3 Å². The van der Waals surface area contributed by atoms with E-state index in [0.717, 1.165) is 13.1 Å². The van der Waals surface area contributed by atoms with Crippen LogP contribution in [0.25, 0.3) is 0 Å². The molecule has 100 valence electrons. The molecule has 0 atom stereocenters. The summed E-state index contributed by atoms with van der Waals surface area (Å²) >= 11 is 0. The SMILES string of the molecule is CCNCC1(c2ccc(C(C)C)cc2)CCCC1. The molecule has 0 spiro atoms. The minimum atomic E-state index is 0.408. The number of hydrogen-bond donors (Lipinski definition) is 1. The van der Waals surface area contributed by atoms with Crippen molar-refractivity contribution in [1.29, 1.82) is 0 Å². The molecule has 0 unspecified atom stereocenters. The molecular weight excluding hydrogens is 218 g/mol. The van der Waals surface area contributed by atoms with E-state index in [1.807, 2.05) is 0 Å². The third-order valence-electron chi connectivity index (χ3n) is 4.46. The van der Waals surface area contributed by atoms with Gasteiger partial charge >= 0.3 is 0 Å². The number of rotatable bonds is 5. The first-order valence-corrected chi connectivity index (χ1v) is 7.49. The third-order valence-corrected chi connectivity index (χ3v) is 4.46. The standard InChI is InChI=1S/C17H27N/c1-4-18-13-17(11-5-6-12-17)16-9-7-15(8-10-16)14(2)3/h7-10,14,18H,4-6,11-13H2,1-3H3. The van der Waals surface area contributed by atoms with Gasteiger partial charge in [0.15, 0.2) is 0 Å². The van der Waals surface area contributed by atoms with Crippen LogP contribution < -0.4 is 5.32 Å². The van der Waals surface area contributed by atoms with Crippen molar-refractivity contribution in [2.75, 3.05) is 13.1 Å². The van der Waals surface area contributed by atoms with E-state index in [-0.39, 0.29) is 0 Å². The van der Waals surface area contributed by atoms with Gasteiger partial charge in [-0.15, -0.1) is 0 Å². The van der Waals surface area contributed by atoms with Crippen molar-refractivity contribution in [1.82, 2.24) is 5.32 Å². The predicted octanol–water partition coefficient (Wildman–Crippen LogP) is 4.23. The number of nitrogens with one attached hydrogen (secondary N) is 1. The lowest BCUT2D eigenvalue weighted by Gasteiger charge is -2.30. The van der Waals surface area contributed by atoms with Gasteiger partial charge < -0.3 is 5.32 Å². The number of hydrogen-bond acceptors (Lipinski definition) is 1. The molecule has 0 bridgehead atoms. The lowest BCUT2D eigenvalue weighted by Crippen LogP contribution is -2.35. The maximum absolute atomic E-state index is 3.57. The van der Waals surface area contributed by atoms with Gasteiger partial charge in [-0.2, -0.15) is 0 Å². The Morgan fingerprint density at radius 1 is 1.11 bits per heavy atom. The Balaban J connectivity index is 2.20. The van der Waals surface area contributed by atoms with Crippen LogP contribution in [0.2, 0.25) is 0 Å². The molecule has 1 fully saturated rings. The van der Waals surface area contributed by atoms with Crippen molar-refractivity contribution in [3.8, 4) is 0 Å². The van der Waals surface area contributed by atoms with Crippen LogP contribution in [0.1, 0.15) is 63.5 Å². The monoisotopic (exact) mass is 245 g/mol. The average molecular weight is 245 g/mol. The molecule has 0 amide bonds. The van der Waals surface area contributed by atoms with Gasteiger partial charge in [-0.1, -0.05) is 57.9 Å². The zero-order valence-corrected chi connectivity index (χ0v) is 12.1. The summed E-state index contributed by atoms with van der Waals surface area (Å²) in [5, 5.41) is 3.57. The van der Waals surface area contributed by atoms with Crippen molar-refractivity contribution in [3.63, 3.8) is 0 Å². The Morgan fingerprint density at radius 3 is 2.22 bits per heavy atom. The predicted molar refractivity (Wildman–Crippen MR) is 79.2 cm³/mol. The molecule has 1 aliphatic rings. The lowest BCUT2D eigenvalue weighted by atomic mass is 9.78. The van der Waals surface area contributed by atoms with Crippen molar-refractivity contribution >= 4 is 0 Å². The van der Waals surface area contributed by atoms with Crippen molar-refractivity contribution in [3.05, 3.63) is 35.4 Å². The number of benzene rings is 1. The van der Waals surface area contributed by atoms with Crippen LogP contribution in [0.4, 0.5) is 0 Å². The summed E-state index contributed by atoms with van der Waals surface area (Å²) in [4.78, 5) is 0. The maximum Gasteiger partial charge on any atom is 0.00777 e. The first-order valence-electron chi connectivity index (χ1n) is 7.49. The van der Waals surface area contributed by atoms with Gasteiger partial charge in [0.25, 0.3) is 0 Å². The second kappa shape index (κ2) is 5.88. The van der Waals surface area contributed by atoms with E-state index in [1.165, 1.54) is 31.2 Å². The highest BCUT2D eigenvalue weighted by Crippen LogP contribution is 2.40. The topological polar surface area (TPSA) is 12.0 Å². The lowest BCUT2D eigenvalue weighted by molar-refractivity contribution is 0.410. The summed E-state index contributed by atoms with van der Waals surface area (Å²) in [7, 11) is 0. The zero-order valence-electron chi connectivity index (χ0n) is 12.1. The van der Waals surface area contributed by atoms with Gasteiger partial charge in [-0.25, -0.2) is 0 Å². The van der Waals surface area contributed by atoms with E-state index in [1.54, 1.807) is 5.56 Å².